The van der Waals surface area contributed by atoms with Gasteiger partial charge in [0.05, 0.1) is 13.2 Å². The Balaban J connectivity index is 1.70. The second-order valence-corrected chi connectivity index (χ2v) is 3.97. The van der Waals surface area contributed by atoms with Crippen molar-refractivity contribution in [2.75, 3.05) is 26.3 Å². The molecule has 1 saturated carbocycles. The third-order valence-corrected chi connectivity index (χ3v) is 2.23. The number of hydrogen-bond donors (Lipinski definition) is 1. The third-order valence-electron chi connectivity index (χ3n) is 2.23. The molecule has 0 radical (unpaired) electrons. The average Bonchev–Trinajstić information content (AvgIpc) is 2.86. The van der Waals surface area contributed by atoms with Crippen molar-refractivity contribution < 1.29 is 4.74 Å². The van der Waals surface area contributed by atoms with E-state index in [-0.39, 0.29) is 0 Å². The first kappa shape index (κ1) is 10.7. The molecule has 0 unspecified atom stereocenters. The van der Waals surface area contributed by atoms with Gasteiger partial charge in [0.1, 0.15) is 0 Å². The zero-order chi connectivity index (χ0) is 9.52. The normalized spacial score (nSPS) is 16.1. The molecule has 0 atom stereocenters. The van der Waals surface area contributed by atoms with Crippen molar-refractivity contribution in [3.05, 3.63) is 12.2 Å². The molecule has 1 rings (SSSR count). The fraction of sp³-hybridized carbons (Fsp3) is 0.818. The second-order valence-electron chi connectivity index (χ2n) is 3.97. The Hall–Kier alpha value is -0.340. The van der Waals surface area contributed by atoms with E-state index in [0.29, 0.717) is 0 Å². The minimum atomic E-state index is 0.820. The Bertz CT molecular complexity index is 152. The van der Waals surface area contributed by atoms with Crippen molar-refractivity contribution in [3.8, 4) is 0 Å². The summed E-state index contributed by atoms with van der Waals surface area (Å²) >= 11 is 0. The molecule has 1 fully saturated rings. The molecule has 76 valence electrons. The van der Waals surface area contributed by atoms with Gasteiger partial charge in [-0.1, -0.05) is 5.57 Å². The molecule has 0 spiro atoms. The van der Waals surface area contributed by atoms with Crippen molar-refractivity contribution >= 4 is 0 Å². The van der Waals surface area contributed by atoms with Gasteiger partial charge in [0.15, 0.2) is 0 Å². The molecule has 0 bridgehead atoms. The van der Waals surface area contributed by atoms with Crippen LogP contribution in [-0.2, 0) is 4.74 Å². The number of ether oxygens (including phenoxy) is 1. The van der Waals surface area contributed by atoms with E-state index in [9.17, 15) is 0 Å². The van der Waals surface area contributed by atoms with Gasteiger partial charge in [-0.25, -0.2) is 0 Å². The molecule has 0 aromatic rings. The largest absolute Gasteiger partial charge is 0.380 e. The first-order valence-electron chi connectivity index (χ1n) is 5.22. The van der Waals surface area contributed by atoms with Gasteiger partial charge in [-0.05, 0) is 38.6 Å². The van der Waals surface area contributed by atoms with Gasteiger partial charge in [0.2, 0.25) is 0 Å². The van der Waals surface area contributed by atoms with Crippen LogP contribution in [-0.4, -0.2) is 26.3 Å². The van der Waals surface area contributed by atoms with Gasteiger partial charge in [-0.3, -0.25) is 0 Å². The number of nitrogens with one attached hydrogen (secondary N) is 1. The Morgan fingerprint density at radius 3 is 2.85 bits per heavy atom. The van der Waals surface area contributed by atoms with E-state index in [4.69, 9.17) is 4.74 Å². The Morgan fingerprint density at radius 1 is 1.46 bits per heavy atom. The lowest BCUT2D eigenvalue weighted by Gasteiger charge is -2.05. The molecule has 0 amide bonds. The highest BCUT2D eigenvalue weighted by molar-refractivity contribution is 4.87. The topological polar surface area (TPSA) is 21.3 Å². The SMILES string of the molecule is C=C(C)CCOCCNCC1CC1. The Labute approximate surface area is 81.4 Å². The summed E-state index contributed by atoms with van der Waals surface area (Å²) < 4.78 is 5.42. The monoisotopic (exact) mass is 183 g/mol. The zero-order valence-corrected chi connectivity index (χ0v) is 8.64. The highest BCUT2D eigenvalue weighted by atomic mass is 16.5. The summed E-state index contributed by atoms with van der Waals surface area (Å²) in [5, 5.41) is 3.39. The minimum Gasteiger partial charge on any atom is -0.380 e. The van der Waals surface area contributed by atoms with Crippen LogP contribution in [0.15, 0.2) is 12.2 Å². The predicted molar refractivity (Wildman–Crippen MR) is 55.8 cm³/mol. The molecule has 13 heavy (non-hydrogen) atoms. The van der Waals surface area contributed by atoms with E-state index in [0.717, 1.165) is 32.1 Å². The molecule has 0 aliphatic heterocycles. The van der Waals surface area contributed by atoms with Crippen LogP contribution in [0.4, 0.5) is 0 Å². The van der Waals surface area contributed by atoms with Crippen LogP contribution in [0.25, 0.3) is 0 Å². The smallest absolute Gasteiger partial charge is 0.0591 e. The van der Waals surface area contributed by atoms with Crippen LogP contribution in [0.5, 0.6) is 0 Å². The zero-order valence-electron chi connectivity index (χ0n) is 8.64. The van der Waals surface area contributed by atoms with Crippen LogP contribution in [0, 0.1) is 5.92 Å². The van der Waals surface area contributed by atoms with E-state index in [1.54, 1.807) is 0 Å². The summed E-state index contributed by atoms with van der Waals surface area (Å²) in [6.07, 6.45) is 3.83. The average molecular weight is 183 g/mol. The molecule has 0 aromatic heterocycles. The summed E-state index contributed by atoms with van der Waals surface area (Å²) in [5.74, 6) is 0.968. The molecule has 0 saturated heterocycles. The first-order chi connectivity index (χ1) is 6.29. The maximum Gasteiger partial charge on any atom is 0.0591 e. The second kappa shape index (κ2) is 6.17. The maximum atomic E-state index is 5.42. The highest BCUT2D eigenvalue weighted by Crippen LogP contribution is 2.27. The van der Waals surface area contributed by atoms with Crippen molar-refractivity contribution in [3.63, 3.8) is 0 Å². The lowest BCUT2D eigenvalue weighted by Crippen LogP contribution is -2.22. The summed E-state index contributed by atoms with van der Waals surface area (Å²) in [4.78, 5) is 0. The van der Waals surface area contributed by atoms with Crippen LogP contribution in [0.1, 0.15) is 26.2 Å². The van der Waals surface area contributed by atoms with Crippen LogP contribution >= 0.6 is 0 Å². The summed E-state index contributed by atoms with van der Waals surface area (Å²) in [7, 11) is 0. The van der Waals surface area contributed by atoms with Crippen molar-refractivity contribution in [2.45, 2.75) is 26.2 Å². The van der Waals surface area contributed by atoms with Gasteiger partial charge in [-0.2, -0.15) is 0 Å². The first-order valence-corrected chi connectivity index (χ1v) is 5.22. The van der Waals surface area contributed by atoms with Gasteiger partial charge in [0, 0.05) is 6.54 Å². The standard InChI is InChI=1S/C11H21NO/c1-10(2)5-7-13-8-6-12-9-11-3-4-11/h11-12H,1,3-9H2,2H3. The van der Waals surface area contributed by atoms with E-state index in [1.165, 1.54) is 25.0 Å². The lowest BCUT2D eigenvalue weighted by molar-refractivity contribution is 0.139. The van der Waals surface area contributed by atoms with Crippen LogP contribution in [0.2, 0.25) is 0 Å². The molecular formula is C11H21NO. The van der Waals surface area contributed by atoms with Gasteiger partial charge in [0.25, 0.3) is 0 Å². The summed E-state index contributed by atoms with van der Waals surface area (Å²) in [6, 6.07) is 0. The molecule has 2 nitrogen and oxygen atoms in total. The molecule has 2 heteroatoms. The summed E-state index contributed by atoms with van der Waals surface area (Å²) in [6.45, 7) is 9.69. The molecule has 1 N–H and O–H groups in total. The number of hydrogen-bond acceptors (Lipinski definition) is 2. The van der Waals surface area contributed by atoms with Crippen LogP contribution < -0.4 is 5.32 Å². The Morgan fingerprint density at radius 2 is 2.23 bits per heavy atom. The van der Waals surface area contributed by atoms with Gasteiger partial charge >= 0.3 is 0 Å². The lowest BCUT2D eigenvalue weighted by atomic mass is 10.3. The highest BCUT2D eigenvalue weighted by Gasteiger charge is 2.19. The Kier molecular flexibility index (Phi) is 5.09. The van der Waals surface area contributed by atoms with E-state index in [2.05, 4.69) is 11.9 Å². The molecule has 0 aromatic carbocycles. The molecule has 1 aliphatic carbocycles. The van der Waals surface area contributed by atoms with Crippen molar-refractivity contribution in [1.29, 1.82) is 0 Å². The molecule has 1 aliphatic rings. The number of rotatable bonds is 8. The summed E-state index contributed by atoms with van der Waals surface area (Å²) in [5.41, 5.74) is 1.20. The molecular weight excluding hydrogens is 162 g/mol. The quantitative estimate of drug-likeness (QED) is 0.459. The fourth-order valence-corrected chi connectivity index (χ4v) is 1.12. The van der Waals surface area contributed by atoms with Crippen molar-refractivity contribution in [1.82, 2.24) is 5.32 Å². The van der Waals surface area contributed by atoms with E-state index >= 15 is 0 Å². The van der Waals surface area contributed by atoms with Crippen molar-refractivity contribution in [2.24, 2.45) is 5.92 Å². The fourth-order valence-electron chi connectivity index (χ4n) is 1.12. The minimum absolute atomic E-state index is 0.820. The third kappa shape index (κ3) is 6.79. The van der Waals surface area contributed by atoms with E-state index < -0.39 is 0 Å². The molecule has 0 heterocycles. The predicted octanol–water partition coefficient (Wildman–Crippen LogP) is 1.97. The van der Waals surface area contributed by atoms with Crippen LogP contribution in [0.3, 0.4) is 0 Å². The maximum absolute atomic E-state index is 5.42. The van der Waals surface area contributed by atoms with E-state index in [1.807, 2.05) is 6.92 Å². The van der Waals surface area contributed by atoms with Gasteiger partial charge in [-0.15, -0.1) is 6.58 Å². The van der Waals surface area contributed by atoms with Gasteiger partial charge < -0.3 is 10.1 Å².